The van der Waals surface area contributed by atoms with Gasteiger partial charge in [0.05, 0.1) is 24.5 Å². The van der Waals surface area contributed by atoms with Crippen molar-refractivity contribution in [3.8, 4) is 0 Å². The lowest BCUT2D eigenvalue weighted by atomic mass is 10.0. The second-order valence-corrected chi connectivity index (χ2v) is 7.89. The SMILES string of the molecule is O=C(NCc1cccnc1)C1CN(C(=O)Cc2ccccc2)C2CCOC12.O=C(O)C(F)(F)F. The molecule has 2 aliphatic rings. The summed E-state index contributed by atoms with van der Waals surface area (Å²) in [6.45, 7) is 1.44. The van der Waals surface area contributed by atoms with E-state index in [9.17, 15) is 22.8 Å². The van der Waals surface area contributed by atoms with Gasteiger partial charge in [-0.3, -0.25) is 14.6 Å². The molecule has 3 atom stereocenters. The fourth-order valence-electron chi connectivity index (χ4n) is 3.98. The number of likely N-dealkylation sites (tertiary alicyclic amines) is 1. The first-order valence-electron chi connectivity index (χ1n) is 10.6. The fourth-order valence-corrected chi connectivity index (χ4v) is 3.98. The van der Waals surface area contributed by atoms with Crippen LogP contribution >= 0.6 is 0 Å². The fraction of sp³-hybridized carbons (Fsp3) is 0.391. The van der Waals surface area contributed by atoms with E-state index in [4.69, 9.17) is 14.6 Å². The number of carboxylic acids is 1. The van der Waals surface area contributed by atoms with Crippen molar-refractivity contribution >= 4 is 17.8 Å². The monoisotopic (exact) mass is 479 g/mol. The number of pyridine rings is 1. The number of hydrogen-bond donors (Lipinski definition) is 2. The zero-order valence-electron chi connectivity index (χ0n) is 18.1. The number of rotatable bonds is 5. The van der Waals surface area contributed by atoms with Crippen LogP contribution in [0.5, 0.6) is 0 Å². The standard InChI is InChI=1S/C21H23N3O3.C2HF3O2/c25-19(11-15-5-2-1-3-6-15)24-14-17(20-18(24)8-10-27-20)21(26)23-13-16-7-4-9-22-12-16;3-2(4,5)1(6)7/h1-7,9,12,17-18,20H,8,10-11,13-14H2,(H,23,26);(H,6,7). The molecule has 1 aromatic heterocycles. The number of carbonyl (C=O) groups excluding carboxylic acids is 2. The Kier molecular flexibility index (Phi) is 8.21. The van der Waals surface area contributed by atoms with Gasteiger partial charge >= 0.3 is 12.1 Å². The first kappa shape index (κ1) is 25.2. The van der Waals surface area contributed by atoms with Gasteiger partial charge in [0.15, 0.2) is 0 Å². The van der Waals surface area contributed by atoms with Gasteiger partial charge in [-0.2, -0.15) is 13.2 Å². The largest absolute Gasteiger partial charge is 0.490 e. The van der Waals surface area contributed by atoms with Crippen LogP contribution in [0.4, 0.5) is 13.2 Å². The molecule has 182 valence electrons. The molecule has 0 radical (unpaired) electrons. The minimum Gasteiger partial charge on any atom is -0.475 e. The second-order valence-electron chi connectivity index (χ2n) is 7.89. The van der Waals surface area contributed by atoms with Crippen molar-refractivity contribution in [2.24, 2.45) is 5.92 Å². The molecule has 2 saturated heterocycles. The topological polar surface area (TPSA) is 109 Å². The van der Waals surface area contributed by atoms with Crippen LogP contribution in [0.3, 0.4) is 0 Å². The second kappa shape index (κ2) is 11.1. The Morgan fingerprint density at radius 1 is 1.12 bits per heavy atom. The van der Waals surface area contributed by atoms with Crippen LogP contribution in [0.15, 0.2) is 54.9 Å². The molecule has 0 bridgehead atoms. The maximum atomic E-state index is 12.8. The van der Waals surface area contributed by atoms with Crippen molar-refractivity contribution < 1.29 is 37.4 Å². The van der Waals surface area contributed by atoms with Gasteiger partial charge in [-0.15, -0.1) is 0 Å². The van der Waals surface area contributed by atoms with E-state index >= 15 is 0 Å². The number of aromatic nitrogens is 1. The zero-order valence-corrected chi connectivity index (χ0v) is 18.1. The summed E-state index contributed by atoms with van der Waals surface area (Å²) in [6, 6.07) is 13.5. The third-order valence-corrected chi connectivity index (χ3v) is 5.58. The molecule has 0 spiro atoms. The first-order chi connectivity index (χ1) is 16.2. The molecule has 34 heavy (non-hydrogen) atoms. The van der Waals surface area contributed by atoms with Gasteiger partial charge in [0, 0.05) is 32.1 Å². The van der Waals surface area contributed by atoms with Crippen LogP contribution < -0.4 is 5.32 Å². The van der Waals surface area contributed by atoms with Gasteiger partial charge in [-0.1, -0.05) is 36.4 Å². The lowest BCUT2D eigenvalue weighted by Gasteiger charge is -2.22. The number of carbonyl (C=O) groups is 3. The molecule has 8 nitrogen and oxygen atoms in total. The van der Waals surface area contributed by atoms with E-state index in [1.807, 2.05) is 47.4 Å². The Morgan fingerprint density at radius 3 is 2.41 bits per heavy atom. The van der Waals surface area contributed by atoms with Gasteiger partial charge in [0.2, 0.25) is 11.8 Å². The minimum atomic E-state index is -5.08. The highest BCUT2D eigenvalue weighted by Crippen LogP contribution is 2.34. The summed E-state index contributed by atoms with van der Waals surface area (Å²) in [4.78, 5) is 40.4. The molecule has 4 rings (SSSR count). The first-order valence-corrected chi connectivity index (χ1v) is 10.6. The molecule has 11 heteroatoms. The molecule has 0 saturated carbocycles. The maximum Gasteiger partial charge on any atom is 0.490 e. The van der Waals surface area contributed by atoms with Crippen LogP contribution in [0.1, 0.15) is 17.5 Å². The molecule has 3 heterocycles. The highest BCUT2D eigenvalue weighted by Gasteiger charge is 2.50. The van der Waals surface area contributed by atoms with E-state index in [0.29, 0.717) is 26.1 Å². The number of carboxylic acid groups (broad SMARTS) is 1. The highest BCUT2D eigenvalue weighted by molar-refractivity contribution is 5.84. The molecule has 2 fully saturated rings. The lowest BCUT2D eigenvalue weighted by Crippen LogP contribution is -2.38. The molecular formula is C23H24F3N3O5. The van der Waals surface area contributed by atoms with Gasteiger partial charge in [0.25, 0.3) is 0 Å². The van der Waals surface area contributed by atoms with E-state index in [-0.39, 0.29) is 29.9 Å². The van der Waals surface area contributed by atoms with E-state index in [1.54, 1.807) is 12.4 Å². The molecule has 1 aromatic carbocycles. The summed E-state index contributed by atoms with van der Waals surface area (Å²) >= 11 is 0. The minimum absolute atomic E-state index is 0.00430. The van der Waals surface area contributed by atoms with Crippen LogP contribution in [-0.4, -0.2) is 64.2 Å². The number of ether oxygens (including phenoxy) is 1. The Labute approximate surface area is 193 Å². The molecule has 0 aliphatic carbocycles. The Bertz CT molecular complexity index is 988. The van der Waals surface area contributed by atoms with E-state index in [1.165, 1.54) is 0 Å². The summed E-state index contributed by atoms with van der Waals surface area (Å²) < 4.78 is 37.6. The predicted molar refractivity (Wildman–Crippen MR) is 113 cm³/mol. The average Bonchev–Trinajstić information content (AvgIpc) is 3.41. The number of alkyl halides is 3. The van der Waals surface area contributed by atoms with Crippen molar-refractivity contribution in [1.29, 1.82) is 0 Å². The molecule has 2 aliphatic heterocycles. The third kappa shape index (κ3) is 6.53. The van der Waals surface area contributed by atoms with Crippen LogP contribution in [0.25, 0.3) is 0 Å². The van der Waals surface area contributed by atoms with Crippen LogP contribution in [0.2, 0.25) is 0 Å². The molecule has 2 N–H and O–H groups in total. The van der Waals surface area contributed by atoms with Crippen LogP contribution in [-0.2, 0) is 32.1 Å². The predicted octanol–water partition coefficient (Wildman–Crippen LogP) is 2.19. The maximum absolute atomic E-state index is 12.8. The number of amides is 2. The summed E-state index contributed by atoms with van der Waals surface area (Å²) in [5.74, 6) is -3.09. The highest BCUT2D eigenvalue weighted by atomic mass is 19.4. The number of halogens is 3. The van der Waals surface area contributed by atoms with Gasteiger partial charge in [-0.25, -0.2) is 4.79 Å². The van der Waals surface area contributed by atoms with Gasteiger partial charge in [-0.05, 0) is 23.6 Å². The van der Waals surface area contributed by atoms with Crippen molar-refractivity contribution in [2.75, 3.05) is 13.2 Å². The van der Waals surface area contributed by atoms with Gasteiger partial charge < -0.3 is 20.1 Å². The normalized spacial score (nSPS) is 21.3. The number of fused-ring (bicyclic) bond motifs is 1. The molecule has 2 amide bonds. The van der Waals surface area contributed by atoms with Crippen LogP contribution in [0, 0.1) is 5.92 Å². The molecular weight excluding hydrogens is 455 g/mol. The number of nitrogens with zero attached hydrogens (tertiary/aromatic N) is 2. The van der Waals surface area contributed by atoms with Crippen molar-refractivity contribution in [2.45, 2.75) is 37.7 Å². The smallest absolute Gasteiger partial charge is 0.475 e. The average molecular weight is 479 g/mol. The Hall–Kier alpha value is -3.47. The van der Waals surface area contributed by atoms with Crippen molar-refractivity contribution in [3.63, 3.8) is 0 Å². The number of nitrogens with one attached hydrogen (secondary N) is 1. The Morgan fingerprint density at radius 2 is 1.79 bits per heavy atom. The summed E-state index contributed by atoms with van der Waals surface area (Å²) in [7, 11) is 0. The van der Waals surface area contributed by atoms with Gasteiger partial charge in [0.1, 0.15) is 0 Å². The van der Waals surface area contributed by atoms with Crippen molar-refractivity contribution in [3.05, 3.63) is 66.0 Å². The third-order valence-electron chi connectivity index (χ3n) is 5.58. The number of hydrogen-bond acceptors (Lipinski definition) is 5. The van der Waals surface area contributed by atoms with E-state index in [2.05, 4.69) is 10.3 Å². The molecule has 2 aromatic rings. The van der Waals surface area contributed by atoms with Crippen molar-refractivity contribution in [1.82, 2.24) is 15.2 Å². The number of aliphatic carboxylic acids is 1. The summed E-state index contributed by atoms with van der Waals surface area (Å²) in [6.07, 6.45) is -0.709. The summed E-state index contributed by atoms with van der Waals surface area (Å²) in [5, 5.41) is 10.1. The molecule has 3 unspecified atom stereocenters. The quantitative estimate of drug-likeness (QED) is 0.681. The summed E-state index contributed by atoms with van der Waals surface area (Å²) in [5.41, 5.74) is 1.94. The zero-order chi connectivity index (χ0) is 24.7. The number of benzene rings is 1. The van der Waals surface area contributed by atoms with E-state index in [0.717, 1.165) is 17.5 Å². The van der Waals surface area contributed by atoms with E-state index < -0.39 is 12.1 Å². The Balaban J connectivity index is 0.000000406. The lowest BCUT2D eigenvalue weighted by molar-refractivity contribution is -0.192.